The smallest absolute Gasteiger partial charge is 0.320 e. The van der Waals surface area contributed by atoms with E-state index in [-0.39, 0.29) is 12.2 Å². The Morgan fingerprint density at radius 1 is 1.26 bits per heavy atom. The highest BCUT2D eigenvalue weighted by Gasteiger charge is 2.19. The number of carboxylic acid groups (broad SMARTS) is 1. The molecule has 1 atom stereocenters. The van der Waals surface area contributed by atoms with Crippen LogP contribution in [0.2, 0.25) is 0 Å². The molecule has 0 saturated carbocycles. The Hall–Kier alpha value is -2.08. The second kappa shape index (κ2) is 5.71. The van der Waals surface area contributed by atoms with Gasteiger partial charge in [-0.1, -0.05) is 0 Å². The summed E-state index contributed by atoms with van der Waals surface area (Å²) in [7, 11) is 0. The van der Waals surface area contributed by atoms with Crippen molar-refractivity contribution in [3.05, 3.63) is 23.8 Å². The standard InChI is InChI=1S/C13H15NO5/c14-9(13(16)17)7-10(15)8-2-3-11-12(6-8)19-5-1-4-18-11/h2-3,6,9H,1,4-5,7,14H2,(H,16,17). The van der Waals surface area contributed by atoms with E-state index in [2.05, 4.69) is 0 Å². The van der Waals surface area contributed by atoms with Crippen LogP contribution in [-0.4, -0.2) is 36.1 Å². The fraction of sp³-hybridized carbons (Fsp3) is 0.385. The molecule has 3 N–H and O–H groups in total. The normalized spacial score (nSPS) is 15.4. The molecular formula is C13H15NO5. The van der Waals surface area contributed by atoms with Gasteiger partial charge in [-0.05, 0) is 18.2 Å². The molecule has 1 aliphatic heterocycles. The average molecular weight is 265 g/mol. The Morgan fingerprint density at radius 3 is 2.63 bits per heavy atom. The molecule has 0 radical (unpaired) electrons. The fourth-order valence-corrected chi connectivity index (χ4v) is 1.74. The minimum atomic E-state index is -1.19. The van der Waals surface area contributed by atoms with Crippen LogP contribution in [0.1, 0.15) is 23.2 Å². The largest absolute Gasteiger partial charge is 0.490 e. The summed E-state index contributed by atoms with van der Waals surface area (Å²) in [6.07, 6.45) is 0.539. The van der Waals surface area contributed by atoms with E-state index < -0.39 is 12.0 Å². The van der Waals surface area contributed by atoms with E-state index in [0.29, 0.717) is 30.3 Å². The molecular weight excluding hydrogens is 250 g/mol. The zero-order chi connectivity index (χ0) is 13.8. The number of aliphatic carboxylic acids is 1. The van der Waals surface area contributed by atoms with Crippen LogP contribution in [0.15, 0.2) is 18.2 Å². The highest BCUT2D eigenvalue weighted by Crippen LogP contribution is 2.30. The van der Waals surface area contributed by atoms with Gasteiger partial charge in [0, 0.05) is 18.4 Å². The number of nitrogens with two attached hydrogens (primary N) is 1. The first-order valence-electron chi connectivity index (χ1n) is 5.99. The van der Waals surface area contributed by atoms with E-state index in [9.17, 15) is 9.59 Å². The molecule has 0 amide bonds. The van der Waals surface area contributed by atoms with Crippen molar-refractivity contribution in [2.45, 2.75) is 18.9 Å². The number of rotatable bonds is 4. The minimum absolute atomic E-state index is 0.241. The number of fused-ring (bicyclic) bond motifs is 1. The predicted octanol–water partition coefficient (Wildman–Crippen LogP) is 0.833. The first-order valence-corrected chi connectivity index (χ1v) is 5.99. The van der Waals surface area contributed by atoms with Crippen molar-refractivity contribution in [1.82, 2.24) is 0 Å². The lowest BCUT2D eigenvalue weighted by Crippen LogP contribution is -2.32. The van der Waals surface area contributed by atoms with Gasteiger partial charge in [0.15, 0.2) is 17.3 Å². The van der Waals surface area contributed by atoms with Gasteiger partial charge in [-0.3, -0.25) is 9.59 Å². The van der Waals surface area contributed by atoms with E-state index in [1.165, 1.54) is 0 Å². The van der Waals surface area contributed by atoms with Gasteiger partial charge in [0.25, 0.3) is 0 Å². The predicted molar refractivity (Wildman–Crippen MR) is 66.6 cm³/mol. The zero-order valence-corrected chi connectivity index (χ0v) is 10.3. The molecule has 0 saturated heterocycles. The van der Waals surface area contributed by atoms with E-state index in [1.54, 1.807) is 18.2 Å². The summed E-state index contributed by atoms with van der Waals surface area (Å²) in [6, 6.07) is 3.62. The molecule has 1 aliphatic rings. The maximum absolute atomic E-state index is 11.9. The summed E-state index contributed by atoms with van der Waals surface area (Å²) < 4.78 is 10.9. The highest BCUT2D eigenvalue weighted by atomic mass is 16.5. The molecule has 0 spiro atoms. The van der Waals surface area contributed by atoms with Gasteiger partial charge in [-0.15, -0.1) is 0 Å². The molecule has 2 rings (SSSR count). The van der Waals surface area contributed by atoms with Crippen molar-refractivity contribution in [2.75, 3.05) is 13.2 Å². The summed E-state index contributed by atoms with van der Waals surface area (Å²) in [5.74, 6) is -0.419. The van der Waals surface area contributed by atoms with Crippen LogP contribution in [0.3, 0.4) is 0 Å². The van der Waals surface area contributed by atoms with E-state index in [0.717, 1.165) is 6.42 Å². The molecule has 1 aromatic carbocycles. The number of carbonyl (C=O) groups excluding carboxylic acids is 1. The number of Topliss-reactive ketones (excluding diaryl/α,β-unsaturated/α-hetero) is 1. The minimum Gasteiger partial charge on any atom is -0.490 e. The molecule has 6 heteroatoms. The van der Waals surface area contributed by atoms with Crippen molar-refractivity contribution in [2.24, 2.45) is 5.73 Å². The summed E-state index contributed by atoms with van der Waals surface area (Å²) in [5.41, 5.74) is 5.72. The molecule has 19 heavy (non-hydrogen) atoms. The van der Waals surface area contributed by atoms with Crippen molar-refractivity contribution >= 4 is 11.8 Å². The van der Waals surface area contributed by atoms with Crippen LogP contribution in [0.25, 0.3) is 0 Å². The van der Waals surface area contributed by atoms with Crippen LogP contribution in [0, 0.1) is 0 Å². The molecule has 1 heterocycles. The Kier molecular flexibility index (Phi) is 4.01. The van der Waals surface area contributed by atoms with E-state index >= 15 is 0 Å². The quantitative estimate of drug-likeness (QED) is 0.782. The van der Waals surface area contributed by atoms with Crippen LogP contribution >= 0.6 is 0 Å². The summed E-state index contributed by atoms with van der Waals surface area (Å²) >= 11 is 0. The third-order valence-corrected chi connectivity index (χ3v) is 2.79. The fourth-order valence-electron chi connectivity index (χ4n) is 1.74. The summed E-state index contributed by atoms with van der Waals surface area (Å²) in [5, 5.41) is 8.69. The van der Waals surface area contributed by atoms with Gasteiger partial charge in [0.05, 0.1) is 13.2 Å². The number of benzene rings is 1. The SMILES string of the molecule is NC(CC(=O)c1ccc2c(c1)OCCCO2)C(=O)O. The molecule has 0 fully saturated rings. The second-order valence-corrected chi connectivity index (χ2v) is 4.28. The first-order chi connectivity index (χ1) is 9.08. The highest BCUT2D eigenvalue weighted by molar-refractivity contribution is 5.99. The van der Waals surface area contributed by atoms with E-state index in [1.807, 2.05) is 0 Å². The summed E-state index contributed by atoms with van der Waals surface area (Å²) in [6.45, 7) is 1.10. The average Bonchev–Trinajstić information content (AvgIpc) is 2.62. The molecule has 1 aromatic rings. The number of carboxylic acids is 1. The van der Waals surface area contributed by atoms with Gasteiger partial charge in [-0.25, -0.2) is 0 Å². The van der Waals surface area contributed by atoms with Crippen molar-refractivity contribution in [3.8, 4) is 11.5 Å². The molecule has 0 aromatic heterocycles. The monoisotopic (exact) mass is 265 g/mol. The van der Waals surface area contributed by atoms with Gasteiger partial charge < -0.3 is 20.3 Å². The zero-order valence-electron chi connectivity index (χ0n) is 10.3. The second-order valence-electron chi connectivity index (χ2n) is 4.28. The lowest BCUT2D eigenvalue weighted by molar-refractivity contribution is -0.138. The molecule has 1 unspecified atom stereocenters. The van der Waals surface area contributed by atoms with Crippen LogP contribution in [-0.2, 0) is 4.79 Å². The molecule has 0 bridgehead atoms. The molecule has 0 aliphatic carbocycles. The van der Waals surface area contributed by atoms with Crippen LogP contribution in [0.5, 0.6) is 11.5 Å². The lowest BCUT2D eigenvalue weighted by atomic mass is 10.0. The number of ether oxygens (including phenoxy) is 2. The van der Waals surface area contributed by atoms with Crippen molar-refractivity contribution in [3.63, 3.8) is 0 Å². The Labute approximate surface area is 110 Å². The number of hydrogen-bond donors (Lipinski definition) is 2. The van der Waals surface area contributed by atoms with E-state index in [4.69, 9.17) is 20.3 Å². The number of carbonyl (C=O) groups is 2. The van der Waals surface area contributed by atoms with Gasteiger partial charge in [0.1, 0.15) is 6.04 Å². The van der Waals surface area contributed by atoms with Gasteiger partial charge in [0.2, 0.25) is 0 Å². The third-order valence-electron chi connectivity index (χ3n) is 2.79. The van der Waals surface area contributed by atoms with Crippen LogP contribution in [0.4, 0.5) is 0 Å². The Balaban J connectivity index is 2.15. The first kappa shape index (κ1) is 13.4. The Bertz CT molecular complexity index is 500. The molecule has 102 valence electrons. The van der Waals surface area contributed by atoms with Crippen LogP contribution < -0.4 is 15.2 Å². The third kappa shape index (κ3) is 3.23. The Morgan fingerprint density at radius 2 is 1.95 bits per heavy atom. The summed E-state index contributed by atoms with van der Waals surface area (Å²) in [4.78, 5) is 22.5. The van der Waals surface area contributed by atoms with Crippen molar-refractivity contribution < 1.29 is 24.2 Å². The molecule has 6 nitrogen and oxygen atoms in total. The van der Waals surface area contributed by atoms with Gasteiger partial charge in [-0.2, -0.15) is 0 Å². The van der Waals surface area contributed by atoms with Gasteiger partial charge >= 0.3 is 5.97 Å². The number of ketones is 1. The topological polar surface area (TPSA) is 98.9 Å². The van der Waals surface area contributed by atoms with Crippen molar-refractivity contribution in [1.29, 1.82) is 0 Å². The lowest BCUT2D eigenvalue weighted by Gasteiger charge is -2.10. The number of hydrogen-bond acceptors (Lipinski definition) is 5. The maximum atomic E-state index is 11.9. The maximum Gasteiger partial charge on any atom is 0.320 e.